The summed E-state index contributed by atoms with van der Waals surface area (Å²) in [6.07, 6.45) is 2.21. The topological polar surface area (TPSA) is 29.0 Å². The van der Waals surface area contributed by atoms with Crippen molar-refractivity contribution >= 4 is 5.57 Å². The summed E-state index contributed by atoms with van der Waals surface area (Å²) in [5.74, 6) is -0.214. The minimum Gasteiger partial charge on any atom is -0.298 e. The van der Waals surface area contributed by atoms with Gasteiger partial charge in [0.25, 0.3) is 0 Å². The van der Waals surface area contributed by atoms with Gasteiger partial charge < -0.3 is 0 Å². The number of nitrogens with zero attached hydrogens (tertiary/aromatic N) is 3. The van der Waals surface area contributed by atoms with E-state index in [1.807, 2.05) is 31.2 Å². The van der Waals surface area contributed by atoms with E-state index in [1.165, 1.54) is 23.3 Å². The van der Waals surface area contributed by atoms with Gasteiger partial charge in [0.15, 0.2) is 0 Å². The second kappa shape index (κ2) is 6.81. The molecule has 3 aromatic rings. The van der Waals surface area contributed by atoms with Crippen molar-refractivity contribution in [2.45, 2.75) is 13.5 Å². The van der Waals surface area contributed by atoms with Crippen LogP contribution in [0, 0.1) is 12.7 Å². The highest BCUT2D eigenvalue weighted by molar-refractivity contribution is 5.83. The van der Waals surface area contributed by atoms with Gasteiger partial charge in [0.2, 0.25) is 0 Å². The fraction of sp³-hybridized carbons (Fsp3) is 0.182. The van der Waals surface area contributed by atoms with Crippen molar-refractivity contribution in [3.8, 4) is 11.3 Å². The van der Waals surface area contributed by atoms with Crippen molar-refractivity contribution in [1.82, 2.24) is 15.1 Å². The Hall–Kier alpha value is -2.85. The molecule has 0 radical (unpaired) electrons. The summed E-state index contributed by atoms with van der Waals surface area (Å²) in [6.45, 7) is 3.63. The lowest BCUT2D eigenvalue weighted by Crippen LogP contribution is -2.16. The number of benzene rings is 2. The molecular formula is C22H20FN3. The van der Waals surface area contributed by atoms with E-state index in [9.17, 15) is 4.39 Å². The van der Waals surface area contributed by atoms with Gasteiger partial charge in [-0.25, -0.2) is 4.39 Å². The van der Waals surface area contributed by atoms with E-state index < -0.39 is 0 Å². The zero-order valence-corrected chi connectivity index (χ0v) is 14.9. The minimum atomic E-state index is -0.214. The standard InChI is InChI=1S/C22H20FN3/c1-15-3-10-22(25-24-15)17-6-9-20-18(13-17)14-26(2)12-11-21(20)16-4-7-19(23)8-5-16/h3-11,13H,12,14H2,1-2H3. The number of aryl methyl sites for hydroxylation is 1. The number of halogens is 1. The first-order chi connectivity index (χ1) is 12.6. The highest BCUT2D eigenvalue weighted by Gasteiger charge is 2.17. The van der Waals surface area contributed by atoms with Gasteiger partial charge in [-0.15, -0.1) is 0 Å². The zero-order chi connectivity index (χ0) is 18.1. The third-order valence-electron chi connectivity index (χ3n) is 4.69. The van der Waals surface area contributed by atoms with Gasteiger partial charge in [-0.3, -0.25) is 4.90 Å². The van der Waals surface area contributed by atoms with Crippen LogP contribution in [0.4, 0.5) is 4.39 Å². The zero-order valence-electron chi connectivity index (χ0n) is 14.9. The molecule has 2 aromatic carbocycles. The van der Waals surface area contributed by atoms with Crippen LogP contribution in [0.3, 0.4) is 0 Å². The number of likely N-dealkylation sites (N-methyl/N-ethyl adjacent to an activating group) is 1. The van der Waals surface area contributed by atoms with Gasteiger partial charge in [0.05, 0.1) is 11.4 Å². The monoisotopic (exact) mass is 345 g/mol. The first-order valence-electron chi connectivity index (χ1n) is 8.69. The van der Waals surface area contributed by atoms with Crippen LogP contribution >= 0.6 is 0 Å². The van der Waals surface area contributed by atoms with Crippen LogP contribution in [-0.4, -0.2) is 28.7 Å². The summed E-state index contributed by atoms with van der Waals surface area (Å²) in [6, 6.07) is 17.1. The molecule has 0 spiro atoms. The fourth-order valence-corrected chi connectivity index (χ4v) is 3.31. The second-order valence-corrected chi connectivity index (χ2v) is 6.75. The normalized spacial score (nSPS) is 14.5. The summed E-state index contributed by atoms with van der Waals surface area (Å²) < 4.78 is 13.3. The first kappa shape index (κ1) is 16.6. The minimum absolute atomic E-state index is 0.214. The van der Waals surface area contributed by atoms with Crippen molar-refractivity contribution in [3.05, 3.63) is 88.9 Å². The molecule has 26 heavy (non-hydrogen) atoms. The van der Waals surface area contributed by atoms with Gasteiger partial charge in [-0.2, -0.15) is 10.2 Å². The molecule has 0 saturated heterocycles. The molecule has 1 aliphatic heterocycles. The summed E-state index contributed by atoms with van der Waals surface area (Å²) in [5.41, 5.74) is 7.44. The molecule has 0 amide bonds. The summed E-state index contributed by atoms with van der Waals surface area (Å²) in [7, 11) is 2.10. The maximum atomic E-state index is 13.3. The van der Waals surface area contributed by atoms with Crippen LogP contribution < -0.4 is 0 Å². The van der Waals surface area contributed by atoms with Crippen LogP contribution in [0.2, 0.25) is 0 Å². The Kier molecular flexibility index (Phi) is 4.35. The molecule has 3 nitrogen and oxygen atoms in total. The molecule has 0 N–H and O–H groups in total. The average Bonchev–Trinajstić information content (AvgIpc) is 2.81. The van der Waals surface area contributed by atoms with Crippen molar-refractivity contribution in [1.29, 1.82) is 0 Å². The molecule has 1 aromatic heterocycles. The summed E-state index contributed by atoms with van der Waals surface area (Å²) in [5, 5.41) is 8.47. The smallest absolute Gasteiger partial charge is 0.123 e. The number of hydrogen-bond acceptors (Lipinski definition) is 3. The molecule has 0 saturated carbocycles. The average molecular weight is 345 g/mol. The quantitative estimate of drug-likeness (QED) is 0.686. The van der Waals surface area contributed by atoms with Crippen LogP contribution in [0.1, 0.15) is 22.4 Å². The van der Waals surface area contributed by atoms with E-state index in [4.69, 9.17) is 0 Å². The molecule has 130 valence electrons. The molecule has 2 heterocycles. The van der Waals surface area contributed by atoms with E-state index in [0.717, 1.165) is 41.2 Å². The molecule has 4 heteroatoms. The largest absolute Gasteiger partial charge is 0.298 e. The Balaban J connectivity index is 1.79. The Bertz CT molecular complexity index is 960. The molecule has 0 unspecified atom stereocenters. The van der Waals surface area contributed by atoms with Crippen molar-refractivity contribution in [2.75, 3.05) is 13.6 Å². The third kappa shape index (κ3) is 3.28. The number of rotatable bonds is 2. The summed E-state index contributed by atoms with van der Waals surface area (Å²) in [4.78, 5) is 2.26. The lowest BCUT2D eigenvalue weighted by atomic mass is 9.92. The Labute approximate surface area is 152 Å². The van der Waals surface area contributed by atoms with Gasteiger partial charge in [0, 0.05) is 18.7 Å². The van der Waals surface area contributed by atoms with E-state index in [2.05, 4.69) is 46.4 Å². The molecular weight excluding hydrogens is 325 g/mol. The van der Waals surface area contributed by atoms with E-state index >= 15 is 0 Å². The van der Waals surface area contributed by atoms with Gasteiger partial charge in [-0.1, -0.05) is 30.3 Å². The molecule has 0 fully saturated rings. The van der Waals surface area contributed by atoms with Crippen LogP contribution in [0.25, 0.3) is 16.8 Å². The molecule has 1 aliphatic rings. The van der Waals surface area contributed by atoms with E-state index in [0.29, 0.717) is 0 Å². The van der Waals surface area contributed by atoms with Crippen LogP contribution in [-0.2, 0) is 6.54 Å². The van der Waals surface area contributed by atoms with Crippen molar-refractivity contribution in [2.24, 2.45) is 0 Å². The maximum Gasteiger partial charge on any atom is 0.123 e. The molecule has 0 bridgehead atoms. The fourth-order valence-electron chi connectivity index (χ4n) is 3.31. The predicted octanol–water partition coefficient (Wildman–Crippen LogP) is 4.47. The number of fused-ring (bicyclic) bond motifs is 1. The molecule has 0 atom stereocenters. The Morgan fingerprint density at radius 3 is 2.42 bits per heavy atom. The SMILES string of the molecule is Cc1ccc(-c2ccc3c(c2)CN(C)CC=C3c2ccc(F)cc2)nn1. The Morgan fingerprint density at radius 1 is 0.923 bits per heavy atom. The van der Waals surface area contributed by atoms with Gasteiger partial charge in [-0.05, 0) is 66.6 Å². The lowest BCUT2D eigenvalue weighted by Gasteiger charge is -2.15. The Morgan fingerprint density at radius 2 is 1.69 bits per heavy atom. The molecule has 0 aliphatic carbocycles. The van der Waals surface area contributed by atoms with E-state index in [-0.39, 0.29) is 5.82 Å². The van der Waals surface area contributed by atoms with Crippen LogP contribution in [0.5, 0.6) is 0 Å². The summed E-state index contributed by atoms with van der Waals surface area (Å²) >= 11 is 0. The number of aromatic nitrogens is 2. The van der Waals surface area contributed by atoms with E-state index in [1.54, 1.807) is 0 Å². The highest BCUT2D eigenvalue weighted by atomic mass is 19.1. The molecule has 4 rings (SSSR count). The van der Waals surface area contributed by atoms with Gasteiger partial charge in [0.1, 0.15) is 5.82 Å². The third-order valence-corrected chi connectivity index (χ3v) is 4.69. The highest BCUT2D eigenvalue weighted by Crippen LogP contribution is 2.32. The first-order valence-corrected chi connectivity index (χ1v) is 8.69. The maximum absolute atomic E-state index is 13.3. The second-order valence-electron chi connectivity index (χ2n) is 6.75. The lowest BCUT2D eigenvalue weighted by molar-refractivity contribution is 0.366. The predicted molar refractivity (Wildman–Crippen MR) is 102 cm³/mol. The van der Waals surface area contributed by atoms with Crippen molar-refractivity contribution in [3.63, 3.8) is 0 Å². The van der Waals surface area contributed by atoms with Gasteiger partial charge >= 0.3 is 0 Å². The number of hydrogen-bond donors (Lipinski definition) is 0. The van der Waals surface area contributed by atoms with Crippen LogP contribution in [0.15, 0.2) is 60.7 Å². The van der Waals surface area contributed by atoms with Crippen molar-refractivity contribution < 1.29 is 4.39 Å².